The van der Waals surface area contributed by atoms with Gasteiger partial charge in [-0.25, -0.2) is 4.39 Å². The Bertz CT molecular complexity index is 998. The third kappa shape index (κ3) is 2.82. The number of carbonyl (C=O) groups is 2. The van der Waals surface area contributed by atoms with E-state index in [1.165, 1.54) is 12.1 Å². The SMILES string of the molecule is O=C1C[C@@H](C(=O)Nc2cccc3ncccc23)c2ccc(F)cc2N1. The van der Waals surface area contributed by atoms with Gasteiger partial charge in [0.1, 0.15) is 5.82 Å². The first-order valence-corrected chi connectivity index (χ1v) is 7.86. The van der Waals surface area contributed by atoms with Crippen LogP contribution in [0.1, 0.15) is 17.9 Å². The second kappa shape index (κ2) is 5.98. The first-order chi connectivity index (χ1) is 12.1. The van der Waals surface area contributed by atoms with Gasteiger partial charge in [-0.1, -0.05) is 12.1 Å². The molecule has 1 aromatic heterocycles. The maximum Gasteiger partial charge on any atom is 0.232 e. The number of benzene rings is 2. The molecule has 5 nitrogen and oxygen atoms in total. The van der Waals surface area contributed by atoms with Crippen molar-refractivity contribution in [2.45, 2.75) is 12.3 Å². The second-order valence-corrected chi connectivity index (χ2v) is 5.90. The number of aromatic nitrogens is 1. The average Bonchev–Trinajstić information content (AvgIpc) is 2.61. The van der Waals surface area contributed by atoms with Crippen LogP contribution < -0.4 is 10.6 Å². The summed E-state index contributed by atoms with van der Waals surface area (Å²) in [6.07, 6.45) is 1.71. The lowest BCUT2D eigenvalue weighted by Gasteiger charge is -2.25. The van der Waals surface area contributed by atoms with Crippen LogP contribution in [0.25, 0.3) is 10.9 Å². The van der Waals surface area contributed by atoms with E-state index in [0.717, 1.165) is 10.9 Å². The van der Waals surface area contributed by atoms with Crippen LogP contribution in [0.5, 0.6) is 0 Å². The number of halogens is 1. The number of hydrogen-bond donors (Lipinski definition) is 2. The zero-order chi connectivity index (χ0) is 17.4. The molecule has 25 heavy (non-hydrogen) atoms. The largest absolute Gasteiger partial charge is 0.326 e. The quantitative estimate of drug-likeness (QED) is 0.754. The molecule has 2 heterocycles. The molecule has 0 aliphatic carbocycles. The number of nitrogens with zero attached hydrogens (tertiary/aromatic N) is 1. The highest BCUT2D eigenvalue weighted by molar-refractivity contribution is 6.08. The topological polar surface area (TPSA) is 71.1 Å². The summed E-state index contributed by atoms with van der Waals surface area (Å²) in [5.74, 6) is -1.74. The Morgan fingerprint density at radius 2 is 2.08 bits per heavy atom. The van der Waals surface area contributed by atoms with E-state index in [4.69, 9.17) is 0 Å². The maximum absolute atomic E-state index is 13.4. The van der Waals surface area contributed by atoms with Gasteiger partial charge in [0.25, 0.3) is 0 Å². The van der Waals surface area contributed by atoms with Crippen molar-refractivity contribution in [3.63, 3.8) is 0 Å². The molecule has 2 amide bonds. The minimum Gasteiger partial charge on any atom is -0.326 e. The Morgan fingerprint density at radius 3 is 2.96 bits per heavy atom. The Balaban J connectivity index is 1.69. The summed E-state index contributed by atoms with van der Waals surface area (Å²) in [6.45, 7) is 0. The third-order valence-corrected chi connectivity index (χ3v) is 4.27. The van der Waals surface area contributed by atoms with Crippen LogP contribution in [0, 0.1) is 5.82 Å². The highest BCUT2D eigenvalue weighted by Gasteiger charge is 2.31. The third-order valence-electron chi connectivity index (χ3n) is 4.27. The van der Waals surface area contributed by atoms with Gasteiger partial charge < -0.3 is 10.6 Å². The van der Waals surface area contributed by atoms with E-state index in [-0.39, 0.29) is 18.2 Å². The van der Waals surface area contributed by atoms with Crippen molar-refractivity contribution in [2.24, 2.45) is 0 Å². The summed E-state index contributed by atoms with van der Waals surface area (Å²) in [5, 5.41) is 6.31. The number of rotatable bonds is 2. The zero-order valence-corrected chi connectivity index (χ0v) is 13.1. The van der Waals surface area contributed by atoms with E-state index in [1.807, 2.05) is 18.2 Å². The molecule has 0 unspecified atom stereocenters. The Hall–Kier alpha value is -3.28. The summed E-state index contributed by atoms with van der Waals surface area (Å²) in [6, 6.07) is 13.2. The van der Waals surface area contributed by atoms with E-state index in [0.29, 0.717) is 16.9 Å². The Morgan fingerprint density at radius 1 is 1.20 bits per heavy atom. The van der Waals surface area contributed by atoms with Crippen LogP contribution in [0.3, 0.4) is 0 Å². The van der Waals surface area contributed by atoms with Crippen molar-refractivity contribution < 1.29 is 14.0 Å². The minimum absolute atomic E-state index is 0.0213. The molecule has 1 aliphatic rings. The van der Waals surface area contributed by atoms with Gasteiger partial charge in [0.2, 0.25) is 11.8 Å². The number of fused-ring (bicyclic) bond motifs is 2. The number of amides is 2. The number of anilines is 2. The highest BCUT2D eigenvalue weighted by Crippen LogP contribution is 2.34. The summed E-state index contributed by atoms with van der Waals surface area (Å²) in [7, 11) is 0. The molecule has 1 aliphatic heterocycles. The first-order valence-electron chi connectivity index (χ1n) is 7.86. The van der Waals surface area contributed by atoms with Crippen LogP contribution in [-0.2, 0) is 9.59 Å². The lowest BCUT2D eigenvalue weighted by atomic mass is 9.89. The normalized spacial score (nSPS) is 16.2. The van der Waals surface area contributed by atoms with Crippen molar-refractivity contribution in [3.05, 3.63) is 66.1 Å². The van der Waals surface area contributed by atoms with E-state index >= 15 is 0 Å². The molecule has 3 aromatic rings. The number of nitrogens with one attached hydrogen (secondary N) is 2. The molecule has 0 fully saturated rings. The van der Waals surface area contributed by atoms with E-state index in [1.54, 1.807) is 24.4 Å². The number of pyridine rings is 1. The van der Waals surface area contributed by atoms with E-state index in [9.17, 15) is 14.0 Å². The van der Waals surface area contributed by atoms with Gasteiger partial charge in [-0.05, 0) is 42.0 Å². The van der Waals surface area contributed by atoms with E-state index < -0.39 is 11.7 Å². The monoisotopic (exact) mass is 335 g/mol. The predicted molar refractivity (Wildman–Crippen MR) is 92.8 cm³/mol. The van der Waals surface area contributed by atoms with Gasteiger partial charge in [0.05, 0.1) is 17.1 Å². The fraction of sp³-hybridized carbons (Fsp3) is 0.105. The standard InChI is InChI=1S/C19H14FN3O2/c20-11-6-7-12-14(10-18(24)22-17(12)9-11)19(25)23-16-5-1-4-15-13(16)3-2-8-21-15/h1-9,14H,10H2,(H,22,24)(H,23,25)/t14-/m1/s1. The van der Waals surface area contributed by atoms with Crippen molar-refractivity contribution in [1.82, 2.24) is 4.98 Å². The Kier molecular flexibility index (Phi) is 3.65. The molecule has 2 N–H and O–H groups in total. The molecule has 2 aromatic carbocycles. The first kappa shape index (κ1) is 15.3. The van der Waals surface area contributed by atoms with Crippen LogP contribution in [0.2, 0.25) is 0 Å². The predicted octanol–water partition coefficient (Wildman–Crippen LogP) is 3.44. The maximum atomic E-state index is 13.4. The van der Waals surface area contributed by atoms with Crippen molar-refractivity contribution in [2.75, 3.05) is 10.6 Å². The molecule has 0 saturated carbocycles. The zero-order valence-electron chi connectivity index (χ0n) is 13.1. The lowest BCUT2D eigenvalue weighted by Crippen LogP contribution is -2.30. The Labute approximate surface area is 142 Å². The molecule has 0 spiro atoms. The molecule has 0 bridgehead atoms. The van der Waals surface area contributed by atoms with Gasteiger partial charge >= 0.3 is 0 Å². The molecule has 0 radical (unpaired) electrons. The minimum atomic E-state index is -0.670. The van der Waals surface area contributed by atoms with Crippen LogP contribution in [0.4, 0.5) is 15.8 Å². The number of hydrogen-bond acceptors (Lipinski definition) is 3. The molecule has 6 heteroatoms. The summed E-state index contributed by atoms with van der Waals surface area (Å²) >= 11 is 0. The van der Waals surface area contributed by atoms with E-state index in [2.05, 4.69) is 15.6 Å². The average molecular weight is 335 g/mol. The van der Waals surface area contributed by atoms with Crippen LogP contribution in [0.15, 0.2) is 54.7 Å². The van der Waals surface area contributed by atoms with Crippen molar-refractivity contribution >= 4 is 34.1 Å². The van der Waals surface area contributed by atoms with Crippen molar-refractivity contribution in [3.8, 4) is 0 Å². The molecule has 1 atom stereocenters. The summed E-state index contributed by atoms with van der Waals surface area (Å²) in [5.41, 5.74) is 2.35. The lowest BCUT2D eigenvalue weighted by molar-refractivity contribution is -0.123. The van der Waals surface area contributed by atoms with Gasteiger partial charge in [-0.3, -0.25) is 14.6 Å². The van der Waals surface area contributed by atoms with Crippen LogP contribution in [-0.4, -0.2) is 16.8 Å². The highest BCUT2D eigenvalue weighted by atomic mass is 19.1. The molecule has 4 rings (SSSR count). The smallest absolute Gasteiger partial charge is 0.232 e. The van der Waals surface area contributed by atoms with Crippen LogP contribution >= 0.6 is 0 Å². The van der Waals surface area contributed by atoms with Gasteiger partial charge in [0, 0.05) is 23.7 Å². The fourth-order valence-electron chi connectivity index (χ4n) is 3.10. The summed E-state index contributed by atoms with van der Waals surface area (Å²) < 4.78 is 13.4. The van der Waals surface area contributed by atoms with Gasteiger partial charge in [-0.2, -0.15) is 0 Å². The molecular formula is C19H14FN3O2. The second-order valence-electron chi connectivity index (χ2n) is 5.90. The number of carbonyl (C=O) groups excluding carboxylic acids is 2. The van der Waals surface area contributed by atoms with Gasteiger partial charge in [0.15, 0.2) is 0 Å². The van der Waals surface area contributed by atoms with Crippen molar-refractivity contribution in [1.29, 1.82) is 0 Å². The fourth-order valence-corrected chi connectivity index (χ4v) is 3.10. The van der Waals surface area contributed by atoms with Gasteiger partial charge in [-0.15, -0.1) is 0 Å². The molecule has 0 saturated heterocycles. The molecular weight excluding hydrogens is 321 g/mol. The molecule has 124 valence electrons. The summed E-state index contributed by atoms with van der Waals surface area (Å²) in [4.78, 5) is 29.0.